The Bertz CT molecular complexity index is 2250. The van der Waals surface area contributed by atoms with Gasteiger partial charge in [-0.15, -0.1) is 0 Å². The van der Waals surface area contributed by atoms with Crippen LogP contribution in [0.5, 0.6) is 0 Å². The zero-order valence-corrected chi connectivity index (χ0v) is 29.6. The highest BCUT2D eigenvalue weighted by molar-refractivity contribution is 7.92. The molecule has 52 heavy (non-hydrogen) atoms. The molecule has 0 saturated heterocycles. The molecule has 0 aliphatic carbocycles. The van der Waals surface area contributed by atoms with Crippen LogP contribution < -0.4 is 0 Å². The molecule has 4 aromatic carbocycles. The van der Waals surface area contributed by atoms with Crippen LogP contribution in [0.1, 0.15) is 11.5 Å². The van der Waals surface area contributed by atoms with E-state index in [0.717, 1.165) is 22.3 Å². The number of ether oxygens (including phenoxy) is 2. The maximum Gasteiger partial charge on any atom is 0.321 e. The molecule has 0 aliphatic rings. The van der Waals surface area contributed by atoms with E-state index in [4.69, 9.17) is 18.5 Å². The van der Waals surface area contributed by atoms with Crippen LogP contribution in [0.15, 0.2) is 128 Å². The van der Waals surface area contributed by atoms with Crippen LogP contribution in [0.25, 0.3) is 44.8 Å². The van der Waals surface area contributed by atoms with Crippen LogP contribution >= 0.6 is 0 Å². The fourth-order valence-electron chi connectivity index (χ4n) is 5.54. The number of aromatic nitrogens is 2. The number of sulfone groups is 2. The maximum atomic E-state index is 12.9. The van der Waals surface area contributed by atoms with Gasteiger partial charge in [-0.25, -0.2) is 16.8 Å². The first-order valence-corrected chi connectivity index (χ1v) is 19.2. The Morgan fingerprint density at radius 1 is 0.519 bits per heavy atom. The lowest BCUT2D eigenvalue weighted by Gasteiger charge is -2.09. The molecule has 0 spiro atoms. The Kier molecular flexibility index (Phi) is 10.5. The molecule has 266 valence electrons. The van der Waals surface area contributed by atoms with E-state index < -0.39 is 56.3 Å². The molecule has 12 nitrogen and oxygen atoms in total. The highest BCUT2D eigenvalue weighted by Gasteiger charge is 2.24. The van der Waals surface area contributed by atoms with Gasteiger partial charge in [0.15, 0.2) is 31.2 Å². The number of rotatable bonds is 13. The van der Waals surface area contributed by atoms with Crippen molar-refractivity contribution in [3.05, 3.63) is 121 Å². The highest BCUT2D eigenvalue weighted by Crippen LogP contribution is 2.36. The summed E-state index contributed by atoms with van der Waals surface area (Å²) in [5.74, 6) is -2.83. The molecule has 6 aromatic rings. The standard InChI is InChI=1S/C38H32N2O10S2/c1-25-35(27-9-5-3-6-10-27)37(39-49-25)29-13-17-31(18-14-29)51(43,44)23-33(41)47-21-22-48-34(42)24-52(45,46)32-19-15-30(16-20-32)38-36(26(2)50-40-38)28-11-7-4-8-12-28/h3-20H,21-24H2,1-2H3. The van der Waals surface area contributed by atoms with Crippen molar-refractivity contribution < 1.29 is 44.9 Å². The van der Waals surface area contributed by atoms with E-state index in [0.29, 0.717) is 34.0 Å². The van der Waals surface area contributed by atoms with Gasteiger partial charge in [0.05, 0.1) is 20.9 Å². The van der Waals surface area contributed by atoms with Gasteiger partial charge < -0.3 is 18.5 Å². The smallest absolute Gasteiger partial charge is 0.321 e. The van der Waals surface area contributed by atoms with Crippen LogP contribution in [-0.2, 0) is 38.7 Å². The number of hydrogen-bond donors (Lipinski definition) is 0. The van der Waals surface area contributed by atoms with E-state index >= 15 is 0 Å². The predicted octanol–water partition coefficient (Wildman–Crippen LogP) is 6.28. The van der Waals surface area contributed by atoms with Gasteiger partial charge in [-0.2, -0.15) is 0 Å². The number of nitrogens with zero attached hydrogens (tertiary/aromatic N) is 2. The quantitative estimate of drug-likeness (QED) is 0.0959. The van der Waals surface area contributed by atoms with Crippen LogP contribution in [0, 0.1) is 13.8 Å². The van der Waals surface area contributed by atoms with E-state index in [1.54, 1.807) is 38.1 Å². The summed E-state index contributed by atoms with van der Waals surface area (Å²) in [5, 5.41) is 8.29. The second-order valence-electron chi connectivity index (χ2n) is 11.7. The fraction of sp³-hybridized carbons (Fsp3) is 0.158. The van der Waals surface area contributed by atoms with E-state index in [9.17, 15) is 26.4 Å². The van der Waals surface area contributed by atoms with Crippen molar-refractivity contribution in [1.29, 1.82) is 0 Å². The summed E-state index contributed by atoms with van der Waals surface area (Å²) in [6, 6.07) is 30.8. The van der Waals surface area contributed by atoms with Crippen molar-refractivity contribution in [2.75, 3.05) is 24.7 Å². The summed E-state index contributed by atoms with van der Waals surface area (Å²) in [6.45, 7) is 2.64. The Balaban J connectivity index is 0.986. The molecule has 0 amide bonds. The second kappa shape index (κ2) is 15.2. The molecule has 0 N–H and O–H groups in total. The molecule has 6 rings (SSSR count). The molecule has 0 radical (unpaired) electrons. The largest absolute Gasteiger partial charge is 0.461 e. The third-order valence-electron chi connectivity index (χ3n) is 8.05. The summed E-state index contributed by atoms with van der Waals surface area (Å²) in [7, 11) is -8.15. The van der Waals surface area contributed by atoms with Gasteiger partial charge in [-0.3, -0.25) is 9.59 Å². The van der Waals surface area contributed by atoms with Gasteiger partial charge in [0.2, 0.25) is 0 Å². The third-order valence-corrected chi connectivity index (χ3v) is 11.3. The van der Waals surface area contributed by atoms with Crippen LogP contribution in [-0.4, -0.2) is 63.8 Å². The van der Waals surface area contributed by atoms with E-state index in [2.05, 4.69) is 10.3 Å². The summed E-state index contributed by atoms with van der Waals surface area (Å²) < 4.78 is 72.3. The van der Waals surface area contributed by atoms with Crippen molar-refractivity contribution in [3.8, 4) is 44.8 Å². The van der Waals surface area contributed by atoms with Gasteiger partial charge in [-0.05, 0) is 49.2 Å². The lowest BCUT2D eigenvalue weighted by Crippen LogP contribution is -2.23. The SMILES string of the molecule is Cc1onc(-c2ccc(S(=O)(=O)CC(=O)OCCOC(=O)CS(=O)(=O)c3ccc(-c4noc(C)c4-c4ccccc4)cc3)cc2)c1-c1ccccc1. The Labute approximate surface area is 299 Å². The van der Waals surface area contributed by atoms with Crippen molar-refractivity contribution in [2.45, 2.75) is 23.6 Å². The fourth-order valence-corrected chi connectivity index (χ4v) is 7.76. The van der Waals surface area contributed by atoms with Gasteiger partial charge in [0.25, 0.3) is 0 Å². The normalized spacial score (nSPS) is 11.7. The molecule has 0 fully saturated rings. The monoisotopic (exact) mass is 740 g/mol. The van der Waals surface area contributed by atoms with Crippen molar-refractivity contribution in [1.82, 2.24) is 10.3 Å². The molecular weight excluding hydrogens is 709 g/mol. The van der Waals surface area contributed by atoms with E-state index in [1.165, 1.54) is 24.3 Å². The third kappa shape index (κ3) is 8.03. The van der Waals surface area contributed by atoms with Crippen LogP contribution in [0.2, 0.25) is 0 Å². The molecule has 0 aliphatic heterocycles. The highest BCUT2D eigenvalue weighted by atomic mass is 32.2. The first-order valence-electron chi connectivity index (χ1n) is 15.9. The first-order chi connectivity index (χ1) is 24.9. The number of esters is 2. The van der Waals surface area contributed by atoms with Crippen molar-refractivity contribution in [2.24, 2.45) is 0 Å². The minimum absolute atomic E-state index is 0.105. The number of carbonyl (C=O) groups excluding carboxylic acids is 2. The molecular formula is C38H32N2O10S2. The van der Waals surface area contributed by atoms with E-state index in [-0.39, 0.29) is 9.79 Å². The number of hydrogen-bond acceptors (Lipinski definition) is 12. The Morgan fingerprint density at radius 3 is 1.21 bits per heavy atom. The lowest BCUT2D eigenvalue weighted by atomic mass is 10.00. The molecule has 0 unspecified atom stereocenters. The van der Waals surface area contributed by atoms with Crippen LogP contribution in [0.4, 0.5) is 0 Å². The van der Waals surface area contributed by atoms with Gasteiger partial charge >= 0.3 is 11.9 Å². The predicted molar refractivity (Wildman–Crippen MR) is 190 cm³/mol. The van der Waals surface area contributed by atoms with Crippen molar-refractivity contribution >= 4 is 31.6 Å². The zero-order valence-electron chi connectivity index (χ0n) is 28.0. The number of benzene rings is 4. The molecule has 0 atom stereocenters. The topological polar surface area (TPSA) is 173 Å². The first kappa shape index (κ1) is 35.9. The second-order valence-corrected chi connectivity index (χ2v) is 15.6. The minimum atomic E-state index is -4.07. The molecule has 2 aromatic heterocycles. The Hall–Kier alpha value is -5.86. The average Bonchev–Trinajstić information content (AvgIpc) is 3.72. The maximum absolute atomic E-state index is 12.9. The Morgan fingerprint density at radius 2 is 0.865 bits per heavy atom. The zero-order chi connectivity index (χ0) is 36.9. The number of aryl methyl sites for hydroxylation is 2. The van der Waals surface area contributed by atoms with Gasteiger partial charge in [0.1, 0.15) is 36.1 Å². The lowest BCUT2D eigenvalue weighted by molar-refractivity contribution is -0.149. The summed E-state index contributed by atoms with van der Waals surface area (Å²) in [5.41, 5.74) is 5.68. The summed E-state index contributed by atoms with van der Waals surface area (Å²) >= 11 is 0. The molecule has 0 saturated carbocycles. The van der Waals surface area contributed by atoms with Crippen molar-refractivity contribution in [3.63, 3.8) is 0 Å². The van der Waals surface area contributed by atoms with Gasteiger partial charge in [0, 0.05) is 11.1 Å². The molecule has 2 heterocycles. The summed E-state index contributed by atoms with van der Waals surface area (Å²) in [6.07, 6.45) is 0. The summed E-state index contributed by atoms with van der Waals surface area (Å²) in [4.78, 5) is 24.5. The number of carbonyl (C=O) groups is 2. The van der Waals surface area contributed by atoms with Crippen LogP contribution in [0.3, 0.4) is 0 Å². The minimum Gasteiger partial charge on any atom is -0.461 e. The van der Waals surface area contributed by atoms with Gasteiger partial charge in [-0.1, -0.05) is 95.2 Å². The average molecular weight is 741 g/mol. The molecule has 0 bridgehead atoms. The molecule has 14 heteroatoms. The van der Waals surface area contributed by atoms with E-state index in [1.807, 2.05) is 60.7 Å².